The fourth-order valence-electron chi connectivity index (χ4n) is 3.63. The number of benzene rings is 1. The smallest absolute Gasteiger partial charge is 0.410 e. The summed E-state index contributed by atoms with van der Waals surface area (Å²) in [6.45, 7) is 3.18. The van der Waals surface area contributed by atoms with E-state index in [0.29, 0.717) is 19.5 Å². The number of ether oxygens (including phenoxy) is 1. The lowest BCUT2D eigenvalue weighted by atomic mass is 10.0. The second-order valence-electron chi connectivity index (χ2n) is 6.49. The van der Waals surface area contributed by atoms with E-state index in [9.17, 15) is 9.59 Å². The Balaban J connectivity index is 1.61. The van der Waals surface area contributed by atoms with Crippen LogP contribution in [0.4, 0.5) is 4.79 Å². The number of rotatable bonds is 4. The van der Waals surface area contributed by atoms with Crippen LogP contribution >= 0.6 is 0 Å². The molecular weight excluding hydrogens is 318 g/mol. The predicted molar refractivity (Wildman–Crippen MR) is 96.5 cm³/mol. The van der Waals surface area contributed by atoms with Crippen molar-refractivity contribution in [3.63, 3.8) is 0 Å². The minimum Gasteiger partial charge on any atom is -0.453 e. The topological polar surface area (TPSA) is 74.4 Å². The Morgan fingerprint density at radius 2 is 2.12 bits per heavy atom. The first kappa shape index (κ1) is 17.3. The molecule has 0 saturated carbocycles. The summed E-state index contributed by atoms with van der Waals surface area (Å²) in [5.41, 5.74) is 3.47. The molecular formula is C19H25N3O3. The number of aromatic nitrogens is 1. The number of H-pyrrole nitrogens is 1. The maximum absolute atomic E-state index is 12.5. The summed E-state index contributed by atoms with van der Waals surface area (Å²) in [4.78, 5) is 29.3. The molecule has 134 valence electrons. The highest BCUT2D eigenvalue weighted by molar-refractivity contribution is 5.86. The van der Waals surface area contributed by atoms with E-state index in [-0.39, 0.29) is 5.91 Å². The maximum Gasteiger partial charge on any atom is 0.410 e. The van der Waals surface area contributed by atoms with Gasteiger partial charge in [-0.05, 0) is 44.2 Å². The van der Waals surface area contributed by atoms with Gasteiger partial charge in [-0.15, -0.1) is 0 Å². The van der Waals surface area contributed by atoms with E-state index in [2.05, 4.69) is 29.4 Å². The van der Waals surface area contributed by atoms with Gasteiger partial charge in [-0.25, -0.2) is 4.79 Å². The number of carbonyl (C=O) groups is 2. The molecule has 0 aliphatic carbocycles. The standard InChI is InChI=1S/C19H25N3O3/c1-13-14(15-7-3-4-8-16(15)21-13)10-11-20-18(23)17-9-5-6-12-22(17)19(24)25-2/h3-4,7-8,17,21H,5-6,9-12H2,1-2H3,(H,20,23). The Bertz CT molecular complexity index is 768. The molecule has 2 N–H and O–H groups in total. The number of carbonyl (C=O) groups excluding carboxylic acids is 2. The largest absolute Gasteiger partial charge is 0.453 e. The average Bonchev–Trinajstić information content (AvgIpc) is 2.96. The number of para-hydroxylation sites is 1. The lowest BCUT2D eigenvalue weighted by Crippen LogP contribution is -2.52. The Hall–Kier alpha value is -2.50. The molecule has 1 aliphatic heterocycles. The van der Waals surface area contributed by atoms with E-state index in [1.165, 1.54) is 23.0 Å². The van der Waals surface area contributed by atoms with Crippen LogP contribution in [0.3, 0.4) is 0 Å². The maximum atomic E-state index is 12.5. The second kappa shape index (κ2) is 7.59. The highest BCUT2D eigenvalue weighted by Gasteiger charge is 2.32. The third kappa shape index (κ3) is 3.62. The van der Waals surface area contributed by atoms with Gasteiger partial charge >= 0.3 is 6.09 Å². The van der Waals surface area contributed by atoms with Gasteiger partial charge in [0.25, 0.3) is 0 Å². The van der Waals surface area contributed by atoms with Gasteiger partial charge in [0.2, 0.25) is 5.91 Å². The van der Waals surface area contributed by atoms with Gasteiger partial charge in [0.15, 0.2) is 0 Å². The van der Waals surface area contributed by atoms with Crippen molar-refractivity contribution in [2.45, 2.75) is 38.6 Å². The fraction of sp³-hybridized carbons (Fsp3) is 0.474. The molecule has 1 aliphatic rings. The van der Waals surface area contributed by atoms with Gasteiger partial charge in [0.1, 0.15) is 6.04 Å². The van der Waals surface area contributed by atoms with Crippen LogP contribution in [0.1, 0.15) is 30.5 Å². The molecule has 1 unspecified atom stereocenters. The number of hydrogen-bond acceptors (Lipinski definition) is 3. The molecule has 25 heavy (non-hydrogen) atoms. The van der Waals surface area contributed by atoms with Crippen LogP contribution in [0.2, 0.25) is 0 Å². The number of methoxy groups -OCH3 is 1. The van der Waals surface area contributed by atoms with E-state index < -0.39 is 12.1 Å². The summed E-state index contributed by atoms with van der Waals surface area (Å²) >= 11 is 0. The van der Waals surface area contributed by atoms with Gasteiger partial charge in [0, 0.05) is 29.7 Å². The molecule has 1 atom stereocenters. The van der Waals surface area contributed by atoms with Gasteiger partial charge in [0.05, 0.1) is 7.11 Å². The molecule has 2 amide bonds. The zero-order valence-corrected chi connectivity index (χ0v) is 14.8. The van der Waals surface area contributed by atoms with Crippen LogP contribution in [0.15, 0.2) is 24.3 Å². The summed E-state index contributed by atoms with van der Waals surface area (Å²) in [6, 6.07) is 7.75. The number of nitrogens with one attached hydrogen (secondary N) is 2. The van der Waals surface area contributed by atoms with Crippen LogP contribution in [-0.2, 0) is 16.0 Å². The van der Waals surface area contributed by atoms with Crippen molar-refractivity contribution >= 4 is 22.9 Å². The first-order chi connectivity index (χ1) is 12.1. The van der Waals surface area contributed by atoms with Crippen LogP contribution in [0.25, 0.3) is 10.9 Å². The molecule has 0 bridgehead atoms. The minimum atomic E-state index is -0.426. The SMILES string of the molecule is COC(=O)N1CCCCC1C(=O)NCCc1c(C)[nH]c2ccccc12. The number of fused-ring (bicyclic) bond motifs is 1. The highest BCUT2D eigenvalue weighted by Crippen LogP contribution is 2.22. The molecule has 1 saturated heterocycles. The Kier molecular flexibility index (Phi) is 5.26. The molecule has 1 fully saturated rings. The third-order valence-corrected chi connectivity index (χ3v) is 4.92. The first-order valence-electron chi connectivity index (χ1n) is 8.80. The monoisotopic (exact) mass is 343 g/mol. The van der Waals surface area contributed by atoms with Crippen molar-refractivity contribution in [2.24, 2.45) is 0 Å². The summed E-state index contributed by atoms with van der Waals surface area (Å²) in [6.07, 6.45) is 2.88. The van der Waals surface area contributed by atoms with E-state index in [1.54, 1.807) is 0 Å². The van der Waals surface area contributed by atoms with Crippen molar-refractivity contribution in [3.8, 4) is 0 Å². The normalized spacial score (nSPS) is 17.5. The summed E-state index contributed by atoms with van der Waals surface area (Å²) < 4.78 is 4.80. The predicted octanol–water partition coefficient (Wildman–Crippen LogP) is 2.76. The Labute approximate surface area is 147 Å². The van der Waals surface area contributed by atoms with Crippen molar-refractivity contribution < 1.29 is 14.3 Å². The summed E-state index contributed by atoms with van der Waals surface area (Å²) in [5, 5.41) is 4.19. The first-order valence-corrected chi connectivity index (χ1v) is 8.80. The van der Waals surface area contributed by atoms with E-state index in [4.69, 9.17) is 4.74 Å². The van der Waals surface area contributed by atoms with Crippen LogP contribution < -0.4 is 5.32 Å². The molecule has 6 heteroatoms. The van der Waals surface area contributed by atoms with Crippen molar-refractivity contribution in [1.29, 1.82) is 0 Å². The lowest BCUT2D eigenvalue weighted by Gasteiger charge is -2.33. The number of likely N-dealkylation sites (tertiary alicyclic amines) is 1. The van der Waals surface area contributed by atoms with E-state index in [1.807, 2.05) is 12.1 Å². The average molecular weight is 343 g/mol. The minimum absolute atomic E-state index is 0.0948. The quantitative estimate of drug-likeness (QED) is 0.896. The molecule has 2 aromatic rings. The van der Waals surface area contributed by atoms with Crippen molar-refractivity contribution in [2.75, 3.05) is 20.2 Å². The number of aromatic amines is 1. The number of hydrogen-bond donors (Lipinski definition) is 2. The van der Waals surface area contributed by atoms with Crippen LogP contribution in [-0.4, -0.2) is 48.1 Å². The molecule has 0 spiro atoms. The fourth-order valence-corrected chi connectivity index (χ4v) is 3.63. The molecule has 2 heterocycles. The molecule has 3 rings (SSSR count). The summed E-state index contributed by atoms with van der Waals surface area (Å²) in [5.74, 6) is -0.0948. The highest BCUT2D eigenvalue weighted by atomic mass is 16.5. The van der Waals surface area contributed by atoms with Crippen molar-refractivity contribution in [3.05, 3.63) is 35.5 Å². The third-order valence-electron chi connectivity index (χ3n) is 4.92. The molecule has 1 aromatic carbocycles. The summed E-state index contributed by atoms with van der Waals surface area (Å²) in [7, 11) is 1.35. The van der Waals surface area contributed by atoms with Crippen LogP contribution in [0, 0.1) is 6.92 Å². The van der Waals surface area contributed by atoms with E-state index >= 15 is 0 Å². The zero-order chi connectivity index (χ0) is 17.8. The lowest BCUT2D eigenvalue weighted by molar-refractivity contribution is -0.126. The second-order valence-corrected chi connectivity index (χ2v) is 6.49. The molecule has 0 radical (unpaired) electrons. The molecule has 6 nitrogen and oxygen atoms in total. The zero-order valence-electron chi connectivity index (χ0n) is 14.8. The van der Waals surface area contributed by atoms with Crippen molar-refractivity contribution in [1.82, 2.24) is 15.2 Å². The van der Waals surface area contributed by atoms with Gasteiger partial charge in [-0.1, -0.05) is 18.2 Å². The van der Waals surface area contributed by atoms with Gasteiger partial charge in [-0.2, -0.15) is 0 Å². The number of piperidine rings is 1. The number of amides is 2. The van der Waals surface area contributed by atoms with Crippen LogP contribution in [0.5, 0.6) is 0 Å². The van der Waals surface area contributed by atoms with Gasteiger partial charge < -0.3 is 15.0 Å². The van der Waals surface area contributed by atoms with E-state index in [0.717, 1.165) is 30.5 Å². The number of aryl methyl sites for hydroxylation is 1. The number of nitrogens with zero attached hydrogens (tertiary/aromatic N) is 1. The Morgan fingerprint density at radius 1 is 1.32 bits per heavy atom. The molecule has 1 aromatic heterocycles. The van der Waals surface area contributed by atoms with Gasteiger partial charge in [-0.3, -0.25) is 9.69 Å². The Morgan fingerprint density at radius 3 is 2.92 bits per heavy atom.